The summed E-state index contributed by atoms with van der Waals surface area (Å²) < 4.78 is 16.9. The number of anilines is 1. The smallest absolute Gasteiger partial charge is 0.433 e. The van der Waals surface area contributed by atoms with Crippen LogP contribution in [0.1, 0.15) is 6.23 Å². The molecule has 0 spiro atoms. The fraction of sp³-hybridized carbons (Fsp3) is 0.600. The Bertz CT molecular complexity index is 934. The molecule has 0 bridgehead atoms. The van der Waals surface area contributed by atoms with E-state index in [4.69, 9.17) is 19.9 Å². The van der Waals surface area contributed by atoms with Crippen LogP contribution >= 0.6 is 21.6 Å². The maximum absolute atomic E-state index is 11.7. The van der Waals surface area contributed by atoms with E-state index in [9.17, 15) is 25.1 Å². The van der Waals surface area contributed by atoms with Gasteiger partial charge in [-0.1, -0.05) is 21.6 Å². The van der Waals surface area contributed by atoms with E-state index < -0.39 is 35.8 Å². The molecule has 0 amide bonds. The van der Waals surface area contributed by atoms with Gasteiger partial charge in [0.1, 0.15) is 50.0 Å². The standard InChI is InChI=1S/C15H20N6O9S2/c16-12-9-13(18-6-17-12)20(7-19-9)14-11(23)10(22)8(30-14)5-28-15(24)27-1-3-31-32-4-2-29-21(25)26/h6-8,10-11,14,22-23H,1-5H2,(H2,16,17,18)/t8-,10-,11-,14-/m1/s1. The van der Waals surface area contributed by atoms with Crippen molar-refractivity contribution in [3.8, 4) is 0 Å². The maximum Gasteiger partial charge on any atom is 0.508 e. The Morgan fingerprint density at radius 1 is 1.22 bits per heavy atom. The third-order valence-corrected chi connectivity index (χ3v) is 6.53. The molecule has 17 heteroatoms. The van der Waals surface area contributed by atoms with E-state index in [2.05, 4.69) is 19.8 Å². The number of ether oxygens (including phenoxy) is 3. The van der Waals surface area contributed by atoms with Crippen LogP contribution in [0.5, 0.6) is 0 Å². The van der Waals surface area contributed by atoms with Crippen molar-refractivity contribution >= 4 is 44.7 Å². The molecular weight excluding hydrogens is 472 g/mol. The van der Waals surface area contributed by atoms with Gasteiger partial charge in [-0.3, -0.25) is 4.57 Å². The molecule has 1 saturated heterocycles. The number of carbonyl (C=O) groups excluding carboxylic acids is 1. The van der Waals surface area contributed by atoms with Crippen molar-refractivity contribution < 1.29 is 39.1 Å². The zero-order chi connectivity index (χ0) is 23.1. The van der Waals surface area contributed by atoms with Crippen molar-refractivity contribution in [1.29, 1.82) is 0 Å². The largest absolute Gasteiger partial charge is 0.508 e. The number of carbonyl (C=O) groups is 1. The average molecular weight is 492 g/mol. The summed E-state index contributed by atoms with van der Waals surface area (Å²) in [6.07, 6.45) is -3.07. The van der Waals surface area contributed by atoms with Crippen LogP contribution in [0.15, 0.2) is 12.7 Å². The summed E-state index contributed by atoms with van der Waals surface area (Å²) in [5.74, 6) is 0.993. The van der Waals surface area contributed by atoms with Crippen LogP contribution < -0.4 is 5.73 Å². The molecule has 1 aliphatic rings. The van der Waals surface area contributed by atoms with Gasteiger partial charge in [0.05, 0.1) is 6.33 Å². The Morgan fingerprint density at radius 3 is 2.72 bits per heavy atom. The van der Waals surface area contributed by atoms with Crippen LogP contribution in [-0.4, -0.2) is 90.6 Å². The molecule has 15 nitrogen and oxygen atoms in total. The second kappa shape index (κ2) is 11.3. The Hall–Kier alpha value is -2.60. The lowest BCUT2D eigenvalue weighted by atomic mass is 10.1. The Kier molecular flexibility index (Phi) is 8.51. The van der Waals surface area contributed by atoms with Crippen molar-refractivity contribution in [2.45, 2.75) is 24.5 Å². The first-order valence-corrected chi connectivity index (χ1v) is 11.6. The van der Waals surface area contributed by atoms with Gasteiger partial charge in [0, 0.05) is 11.5 Å². The summed E-state index contributed by atoms with van der Waals surface area (Å²) in [5.41, 5.74) is 6.38. The first-order valence-electron chi connectivity index (χ1n) is 9.14. The number of nitrogens with two attached hydrogens (primary N) is 1. The summed E-state index contributed by atoms with van der Waals surface area (Å²) in [6.45, 7) is -0.329. The molecule has 0 saturated carbocycles. The fourth-order valence-corrected chi connectivity index (χ4v) is 4.41. The number of nitrogens with zero attached hydrogens (tertiary/aromatic N) is 5. The number of hydrogen-bond donors (Lipinski definition) is 3. The molecule has 0 radical (unpaired) electrons. The summed E-state index contributed by atoms with van der Waals surface area (Å²) in [7, 11) is 2.68. The number of aromatic nitrogens is 4. The predicted octanol–water partition coefficient (Wildman–Crippen LogP) is -0.229. The lowest BCUT2D eigenvalue weighted by Gasteiger charge is -2.16. The summed E-state index contributed by atoms with van der Waals surface area (Å²) in [6, 6.07) is 0. The first-order chi connectivity index (χ1) is 15.4. The highest BCUT2D eigenvalue weighted by molar-refractivity contribution is 8.76. The van der Waals surface area contributed by atoms with Gasteiger partial charge in [-0.2, -0.15) is 0 Å². The minimum absolute atomic E-state index is 0.0284. The molecule has 1 fully saturated rings. The van der Waals surface area contributed by atoms with Crippen LogP contribution in [0.4, 0.5) is 10.6 Å². The van der Waals surface area contributed by atoms with E-state index >= 15 is 0 Å². The third kappa shape index (κ3) is 6.00. The molecule has 4 atom stereocenters. The van der Waals surface area contributed by atoms with E-state index in [0.717, 1.165) is 0 Å². The molecule has 0 aromatic carbocycles. The van der Waals surface area contributed by atoms with Gasteiger partial charge in [-0.15, -0.1) is 10.1 Å². The number of aliphatic hydroxyl groups excluding tert-OH is 2. The summed E-state index contributed by atoms with van der Waals surface area (Å²) in [5, 5.41) is 29.8. The molecule has 4 N–H and O–H groups in total. The zero-order valence-corrected chi connectivity index (χ0v) is 18.0. The van der Waals surface area contributed by atoms with Gasteiger partial charge in [0.15, 0.2) is 17.7 Å². The van der Waals surface area contributed by atoms with Crippen LogP contribution in [0, 0.1) is 10.1 Å². The number of aliphatic hydroxyl groups is 2. The summed E-state index contributed by atoms with van der Waals surface area (Å²) >= 11 is 0. The number of imidazole rings is 1. The molecule has 3 rings (SSSR count). The van der Waals surface area contributed by atoms with Crippen LogP contribution in [0.25, 0.3) is 11.2 Å². The Morgan fingerprint density at radius 2 is 1.97 bits per heavy atom. The minimum Gasteiger partial charge on any atom is -0.433 e. The van der Waals surface area contributed by atoms with Crippen LogP contribution in [0.3, 0.4) is 0 Å². The van der Waals surface area contributed by atoms with Gasteiger partial charge >= 0.3 is 6.16 Å². The highest BCUT2D eigenvalue weighted by Gasteiger charge is 2.45. The number of nitrogen functional groups attached to an aromatic ring is 1. The van der Waals surface area contributed by atoms with Crippen molar-refractivity contribution in [2.24, 2.45) is 0 Å². The van der Waals surface area contributed by atoms with Gasteiger partial charge in [0.2, 0.25) is 0 Å². The molecule has 1 aliphatic heterocycles. The van der Waals surface area contributed by atoms with E-state index in [-0.39, 0.29) is 25.6 Å². The van der Waals surface area contributed by atoms with E-state index in [1.54, 1.807) is 0 Å². The van der Waals surface area contributed by atoms with Crippen molar-refractivity contribution in [3.05, 3.63) is 22.8 Å². The molecule has 0 aliphatic carbocycles. The Balaban J connectivity index is 1.40. The third-order valence-electron chi connectivity index (χ3n) is 4.20. The Labute approximate surface area is 188 Å². The normalized spacial score (nSPS) is 22.7. The average Bonchev–Trinajstić information content (AvgIpc) is 3.31. The fourth-order valence-electron chi connectivity index (χ4n) is 2.77. The van der Waals surface area contributed by atoms with Gasteiger partial charge in [0.25, 0.3) is 5.09 Å². The monoisotopic (exact) mass is 492 g/mol. The van der Waals surface area contributed by atoms with E-state index in [0.29, 0.717) is 22.7 Å². The molecular formula is C15H20N6O9S2. The molecule has 176 valence electrons. The van der Waals surface area contributed by atoms with Crippen molar-refractivity contribution in [2.75, 3.05) is 37.1 Å². The van der Waals surface area contributed by atoms with E-state index in [1.165, 1.54) is 38.8 Å². The highest BCUT2D eigenvalue weighted by Crippen LogP contribution is 2.32. The minimum atomic E-state index is -1.34. The maximum atomic E-state index is 11.7. The molecule has 2 aromatic rings. The summed E-state index contributed by atoms with van der Waals surface area (Å²) in [4.78, 5) is 37.9. The number of fused-ring (bicyclic) bond motifs is 1. The van der Waals surface area contributed by atoms with Gasteiger partial charge in [-0.25, -0.2) is 19.7 Å². The zero-order valence-electron chi connectivity index (χ0n) is 16.4. The van der Waals surface area contributed by atoms with Gasteiger partial charge in [-0.05, 0) is 0 Å². The van der Waals surface area contributed by atoms with Crippen LogP contribution in [-0.2, 0) is 19.0 Å². The second-order valence-electron chi connectivity index (χ2n) is 6.24. The number of rotatable bonds is 11. The molecule has 3 heterocycles. The second-order valence-corrected chi connectivity index (χ2v) is 8.94. The molecule has 0 unspecified atom stereocenters. The predicted molar refractivity (Wildman–Crippen MR) is 111 cm³/mol. The SMILES string of the molecule is Nc1ncnc2c1ncn2[C@@H]1O[C@H](COC(=O)OCCSSCCO[N+](=O)[O-])[C@@H](O)[C@H]1O. The lowest BCUT2D eigenvalue weighted by molar-refractivity contribution is -0.756. The lowest BCUT2D eigenvalue weighted by Crippen LogP contribution is -2.34. The molecule has 32 heavy (non-hydrogen) atoms. The van der Waals surface area contributed by atoms with Crippen molar-refractivity contribution in [3.63, 3.8) is 0 Å². The quantitative estimate of drug-likeness (QED) is 0.122. The molecule has 2 aromatic heterocycles. The van der Waals surface area contributed by atoms with Crippen LogP contribution in [0.2, 0.25) is 0 Å². The van der Waals surface area contributed by atoms with Gasteiger partial charge < -0.3 is 35.0 Å². The topological polar surface area (TPSA) is 207 Å². The van der Waals surface area contributed by atoms with Crippen molar-refractivity contribution in [1.82, 2.24) is 19.5 Å². The highest BCUT2D eigenvalue weighted by atomic mass is 33.1. The first kappa shape index (κ1) is 24.1. The van der Waals surface area contributed by atoms with E-state index in [1.807, 2.05) is 0 Å². The number of hydrogen-bond acceptors (Lipinski definition) is 15.